The van der Waals surface area contributed by atoms with Gasteiger partial charge < -0.3 is 9.88 Å². The van der Waals surface area contributed by atoms with Gasteiger partial charge in [0.1, 0.15) is 5.82 Å². The highest BCUT2D eigenvalue weighted by Gasteiger charge is 2.11. The number of carbonyl (C=O) groups excluding carboxylic acids is 1. The fraction of sp³-hybridized carbons (Fsp3) is 0.100. The van der Waals surface area contributed by atoms with Gasteiger partial charge in [0, 0.05) is 23.0 Å². The highest BCUT2D eigenvalue weighted by Crippen LogP contribution is 2.23. The topological polar surface area (TPSA) is 51.1 Å². The van der Waals surface area contributed by atoms with Crippen molar-refractivity contribution in [3.63, 3.8) is 0 Å². The van der Waals surface area contributed by atoms with Gasteiger partial charge in [-0.2, -0.15) is 0 Å². The summed E-state index contributed by atoms with van der Waals surface area (Å²) in [7, 11) is 0. The minimum Gasteiger partial charge on any atom is -0.322 e. The predicted octanol–water partition coefficient (Wildman–Crippen LogP) is 4.25. The molecule has 0 saturated carbocycles. The maximum atomic E-state index is 13.0. The van der Waals surface area contributed by atoms with E-state index in [1.165, 1.54) is 35.0 Å². The molecule has 0 unspecified atom stereocenters. The maximum absolute atomic E-state index is 13.0. The molecule has 26 heavy (non-hydrogen) atoms. The first kappa shape index (κ1) is 17.9. The second kappa shape index (κ2) is 7.54. The number of anilines is 1. The molecule has 0 aliphatic rings. The summed E-state index contributed by atoms with van der Waals surface area (Å²) in [5, 5.41) is 3.36. The van der Waals surface area contributed by atoms with E-state index in [0.717, 1.165) is 11.1 Å². The van der Waals surface area contributed by atoms with Gasteiger partial charge in [-0.25, -0.2) is 4.39 Å². The van der Waals surface area contributed by atoms with Crippen LogP contribution < -0.4 is 10.9 Å². The molecule has 0 spiro atoms. The Balaban J connectivity index is 1.84. The van der Waals surface area contributed by atoms with Gasteiger partial charge >= 0.3 is 0 Å². The number of carbonyl (C=O) groups is 1. The normalized spacial score (nSPS) is 10.6. The summed E-state index contributed by atoms with van der Waals surface area (Å²) in [5.41, 5.74) is 2.23. The molecule has 3 rings (SSSR count). The van der Waals surface area contributed by atoms with Crippen LogP contribution in [0.3, 0.4) is 0 Å². The van der Waals surface area contributed by atoms with Crippen LogP contribution >= 0.6 is 11.6 Å². The lowest BCUT2D eigenvalue weighted by Gasteiger charge is -2.11. The van der Waals surface area contributed by atoms with Crippen LogP contribution in [-0.4, -0.2) is 10.5 Å². The number of amides is 1. The number of aromatic nitrogens is 1. The molecule has 1 amide bonds. The van der Waals surface area contributed by atoms with Crippen molar-refractivity contribution < 1.29 is 9.18 Å². The molecule has 0 atom stereocenters. The molecule has 3 aromatic rings. The van der Waals surface area contributed by atoms with E-state index in [4.69, 9.17) is 11.6 Å². The first-order chi connectivity index (χ1) is 12.4. The largest absolute Gasteiger partial charge is 0.322 e. The molecule has 0 saturated heterocycles. The average molecular weight is 371 g/mol. The van der Waals surface area contributed by atoms with Crippen molar-refractivity contribution in [1.29, 1.82) is 0 Å². The van der Waals surface area contributed by atoms with E-state index in [1.54, 1.807) is 30.3 Å². The first-order valence-electron chi connectivity index (χ1n) is 7.95. The van der Waals surface area contributed by atoms with Gasteiger partial charge in [0.15, 0.2) is 0 Å². The molecule has 2 aromatic carbocycles. The number of pyridine rings is 1. The smallest absolute Gasteiger partial charge is 0.257 e. The van der Waals surface area contributed by atoms with Gasteiger partial charge in [-0.05, 0) is 48.4 Å². The molecule has 1 N–H and O–H groups in total. The Labute approximate surface area is 154 Å². The van der Waals surface area contributed by atoms with Gasteiger partial charge in [-0.1, -0.05) is 29.8 Å². The molecule has 0 radical (unpaired) electrons. The van der Waals surface area contributed by atoms with E-state index in [9.17, 15) is 14.0 Å². The second-order valence-electron chi connectivity index (χ2n) is 5.88. The number of nitrogens with zero attached hydrogens (tertiary/aromatic N) is 1. The van der Waals surface area contributed by atoms with Crippen molar-refractivity contribution in [1.82, 2.24) is 4.57 Å². The molecular weight excluding hydrogens is 355 g/mol. The van der Waals surface area contributed by atoms with Crippen LogP contribution in [0.1, 0.15) is 21.5 Å². The number of rotatable bonds is 4. The minimum absolute atomic E-state index is 0.246. The molecule has 132 valence electrons. The van der Waals surface area contributed by atoms with Gasteiger partial charge in [-0.3, -0.25) is 9.59 Å². The van der Waals surface area contributed by atoms with Crippen LogP contribution in [0.25, 0.3) is 0 Å². The van der Waals surface area contributed by atoms with Crippen molar-refractivity contribution in [3.8, 4) is 0 Å². The van der Waals surface area contributed by atoms with Gasteiger partial charge in [0.2, 0.25) is 0 Å². The average Bonchev–Trinajstić information content (AvgIpc) is 2.62. The van der Waals surface area contributed by atoms with Gasteiger partial charge in [0.05, 0.1) is 12.1 Å². The van der Waals surface area contributed by atoms with E-state index in [1.807, 2.05) is 6.92 Å². The molecule has 0 fully saturated rings. The summed E-state index contributed by atoms with van der Waals surface area (Å²) in [6, 6.07) is 13.9. The van der Waals surface area contributed by atoms with E-state index in [-0.39, 0.29) is 23.8 Å². The van der Waals surface area contributed by atoms with Crippen LogP contribution in [0.5, 0.6) is 0 Å². The molecular formula is C20H16ClFN2O2. The lowest BCUT2D eigenvalue weighted by Crippen LogP contribution is -2.22. The summed E-state index contributed by atoms with van der Waals surface area (Å²) in [4.78, 5) is 24.6. The maximum Gasteiger partial charge on any atom is 0.257 e. The van der Waals surface area contributed by atoms with Gasteiger partial charge in [0.25, 0.3) is 11.5 Å². The van der Waals surface area contributed by atoms with Gasteiger partial charge in [-0.15, -0.1) is 0 Å². The third-order valence-corrected chi connectivity index (χ3v) is 4.44. The molecule has 4 nitrogen and oxygen atoms in total. The minimum atomic E-state index is -0.344. The number of hydrogen-bond acceptors (Lipinski definition) is 2. The Morgan fingerprint density at radius 1 is 1.12 bits per heavy atom. The molecule has 0 bridgehead atoms. The summed E-state index contributed by atoms with van der Waals surface area (Å²) < 4.78 is 14.4. The molecule has 1 heterocycles. The highest BCUT2D eigenvalue weighted by molar-refractivity contribution is 6.31. The molecule has 0 aliphatic heterocycles. The van der Waals surface area contributed by atoms with Crippen LogP contribution in [0.15, 0.2) is 65.6 Å². The predicted molar refractivity (Wildman–Crippen MR) is 100 cm³/mol. The van der Waals surface area contributed by atoms with Crippen molar-refractivity contribution in [2.24, 2.45) is 0 Å². The van der Waals surface area contributed by atoms with E-state index < -0.39 is 0 Å². The third kappa shape index (κ3) is 4.00. The number of hydrogen-bond donors (Lipinski definition) is 1. The zero-order chi connectivity index (χ0) is 18.7. The van der Waals surface area contributed by atoms with Crippen LogP contribution in [0.2, 0.25) is 5.02 Å². The molecule has 1 aromatic heterocycles. The Hall–Kier alpha value is -2.92. The summed E-state index contributed by atoms with van der Waals surface area (Å²) in [5.74, 6) is -0.686. The summed E-state index contributed by atoms with van der Waals surface area (Å²) in [6.07, 6.45) is 1.49. The van der Waals surface area contributed by atoms with E-state index in [0.29, 0.717) is 16.3 Å². The zero-order valence-corrected chi connectivity index (χ0v) is 14.8. The van der Waals surface area contributed by atoms with Crippen LogP contribution in [0.4, 0.5) is 10.1 Å². The lowest BCUT2D eigenvalue weighted by atomic mass is 10.2. The SMILES string of the molecule is Cc1c(Cl)cccc1NC(=O)c1ccc(=O)n(Cc2ccc(F)cc2)c1. The van der Waals surface area contributed by atoms with Crippen LogP contribution in [0, 0.1) is 12.7 Å². The van der Waals surface area contributed by atoms with Crippen molar-refractivity contribution >= 4 is 23.2 Å². The fourth-order valence-electron chi connectivity index (χ4n) is 2.51. The molecule has 0 aliphatic carbocycles. The Bertz CT molecular complexity index is 1010. The Kier molecular flexibility index (Phi) is 5.19. The summed E-state index contributed by atoms with van der Waals surface area (Å²) >= 11 is 6.07. The van der Waals surface area contributed by atoms with Crippen molar-refractivity contribution in [2.45, 2.75) is 13.5 Å². The number of halogens is 2. The Morgan fingerprint density at radius 3 is 2.58 bits per heavy atom. The summed E-state index contributed by atoms with van der Waals surface area (Å²) in [6.45, 7) is 2.06. The third-order valence-electron chi connectivity index (χ3n) is 4.03. The lowest BCUT2D eigenvalue weighted by molar-refractivity contribution is 0.102. The second-order valence-corrected chi connectivity index (χ2v) is 6.28. The standard InChI is InChI=1S/C20H16ClFN2O2/c1-13-17(21)3-2-4-18(13)23-20(26)15-7-10-19(25)24(12-15)11-14-5-8-16(22)9-6-14/h2-10,12H,11H2,1H3,(H,23,26). The quantitative estimate of drug-likeness (QED) is 0.746. The zero-order valence-electron chi connectivity index (χ0n) is 14.0. The highest BCUT2D eigenvalue weighted by atomic mass is 35.5. The Morgan fingerprint density at radius 2 is 1.85 bits per heavy atom. The van der Waals surface area contributed by atoms with Crippen molar-refractivity contribution in [3.05, 3.63) is 98.7 Å². The van der Waals surface area contributed by atoms with E-state index in [2.05, 4.69) is 5.32 Å². The first-order valence-corrected chi connectivity index (χ1v) is 8.33. The number of benzene rings is 2. The molecule has 6 heteroatoms. The van der Waals surface area contributed by atoms with Crippen molar-refractivity contribution in [2.75, 3.05) is 5.32 Å². The number of nitrogens with one attached hydrogen (secondary N) is 1. The monoisotopic (exact) mass is 370 g/mol. The fourth-order valence-corrected chi connectivity index (χ4v) is 2.69. The van der Waals surface area contributed by atoms with E-state index >= 15 is 0 Å². The van der Waals surface area contributed by atoms with Crippen LogP contribution in [-0.2, 0) is 6.54 Å².